The van der Waals surface area contributed by atoms with Crippen LogP contribution in [0.1, 0.15) is 62.5 Å². The van der Waals surface area contributed by atoms with Crippen LogP contribution in [0.15, 0.2) is 41.0 Å². The van der Waals surface area contributed by atoms with Crippen LogP contribution >= 0.6 is 0 Å². The van der Waals surface area contributed by atoms with Gasteiger partial charge in [-0.05, 0) is 32.3 Å². The number of aromatic nitrogens is 1. The van der Waals surface area contributed by atoms with E-state index in [1.54, 1.807) is 4.90 Å². The van der Waals surface area contributed by atoms with Crippen LogP contribution < -0.4 is 5.32 Å². The van der Waals surface area contributed by atoms with Gasteiger partial charge in [0.05, 0.1) is 13.2 Å². The Morgan fingerprint density at radius 3 is 2.55 bits per heavy atom. The summed E-state index contributed by atoms with van der Waals surface area (Å²) in [6.07, 6.45) is 2.94. The Morgan fingerprint density at radius 2 is 1.90 bits per heavy atom. The summed E-state index contributed by atoms with van der Waals surface area (Å²) < 4.78 is 11.0. The molecule has 2 rings (SSSR count). The van der Waals surface area contributed by atoms with Crippen molar-refractivity contribution in [1.82, 2.24) is 15.2 Å². The van der Waals surface area contributed by atoms with Gasteiger partial charge in [0.1, 0.15) is 12.9 Å². The molecule has 0 unspecified atom stereocenters. The Hall–Kier alpha value is -2.67. The third kappa shape index (κ3) is 7.02. The summed E-state index contributed by atoms with van der Waals surface area (Å²) >= 11 is 0. The quantitative estimate of drug-likeness (QED) is 0.622. The van der Waals surface area contributed by atoms with Crippen molar-refractivity contribution in [1.29, 1.82) is 0 Å². The molecule has 0 bridgehead atoms. The molecule has 0 aliphatic carbocycles. The van der Waals surface area contributed by atoms with Gasteiger partial charge in [-0.25, -0.2) is 4.98 Å². The Morgan fingerprint density at radius 1 is 1.17 bits per heavy atom. The van der Waals surface area contributed by atoms with Crippen LogP contribution in [0.2, 0.25) is 0 Å². The molecule has 29 heavy (non-hydrogen) atoms. The molecule has 158 valence electrons. The number of amides is 2. The van der Waals surface area contributed by atoms with Crippen molar-refractivity contribution in [2.45, 2.75) is 65.8 Å². The van der Waals surface area contributed by atoms with Gasteiger partial charge >= 0.3 is 0 Å². The minimum Gasteiger partial charge on any atom is -0.446 e. The fourth-order valence-electron chi connectivity index (χ4n) is 2.66. The molecule has 7 nitrogen and oxygen atoms in total. The molecule has 2 atom stereocenters. The van der Waals surface area contributed by atoms with Gasteiger partial charge in [0.15, 0.2) is 5.69 Å². The van der Waals surface area contributed by atoms with Crippen molar-refractivity contribution >= 4 is 11.8 Å². The summed E-state index contributed by atoms with van der Waals surface area (Å²) in [5.74, 6) is -0.0861. The van der Waals surface area contributed by atoms with E-state index in [-0.39, 0.29) is 42.7 Å². The number of oxazole rings is 1. The van der Waals surface area contributed by atoms with Crippen LogP contribution in [-0.4, -0.2) is 40.4 Å². The first-order valence-electron chi connectivity index (χ1n) is 10.1. The fourth-order valence-corrected chi connectivity index (χ4v) is 2.66. The highest BCUT2D eigenvalue weighted by Crippen LogP contribution is 2.12. The maximum atomic E-state index is 12.7. The number of ether oxygens (including phenoxy) is 1. The predicted octanol–water partition coefficient (Wildman–Crippen LogP) is 3.55. The third-order valence-electron chi connectivity index (χ3n) is 4.86. The summed E-state index contributed by atoms with van der Waals surface area (Å²) in [6.45, 7) is 8.44. The van der Waals surface area contributed by atoms with Gasteiger partial charge in [-0.15, -0.1) is 0 Å². The van der Waals surface area contributed by atoms with Crippen LogP contribution in [0.4, 0.5) is 0 Å². The van der Waals surface area contributed by atoms with E-state index in [0.717, 1.165) is 18.4 Å². The van der Waals surface area contributed by atoms with Crippen molar-refractivity contribution in [2.75, 3.05) is 6.61 Å². The summed E-state index contributed by atoms with van der Waals surface area (Å²) in [4.78, 5) is 30.8. The number of rotatable bonds is 11. The minimum atomic E-state index is -0.276. The van der Waals surface area contributed by atoms with E-state index in [1.807, 2.05) is 58.0 Å². The highest BCUT2D eigenvalue weighted by molar-refractivity contribution is 5.92. The van der Waals surface area contributed by atoms with Crippen molar-refractivity contribution in [2.24, 2.45) is 0 Å². The molecular weight excluding hydrogens is 370 g/mol. The summed E-state index contributed by atoms with van der Waals surface area (Å²) in [5, 5.41) is 2.85. The zero-order valence-corrected chi connectivity index (χ0v) is 17.7. The Kier molecular flexibility index (Phi) is 8.86. The summed E-state index contributed by atoms with van der Waals surface area (Å²) in [5.41, 5.74) is 1.23. The lowest BCUT2D eigenvalue weighted by Crippen LogP contribution is -2.40. The highest BCUT2D eigenvalue weighted by atomic mass is 16.5. The lowest BCUT2D eigenvalue weighted by Gasteiger charge is -2.27. The maximum Gasteiger partial charge on any atom is 0.273 e. The van der Waals surface area contributed by atoms with E-state index in [2.05, 4.69) is 10.3 Å². The van der Waals surface area contributed by atoms with E-state index in [1.165, 1.54) is 6.26 Å². The molecule has 0 radical (unpaired) electrons. The molecule has 1 aromatic carbocycles. The van der Waals surface area contributed by atoms with Gasteiger partial charge in [0.2, 0.25) is 11.8 Å². The second-order valence-electron chi connectivity index (χ2n) is 7.17. The molecule has 7 heteroatoms. The van der Waals surface area contributed by atoms with E-state index < -0.39 is 0 Å². The van der Waals surface area contributed by atoms with Gasteiger partial charge < -0.3 is 19.4 Å². The Bertz CT molecular complexity index is 775. The van der Waals surface area contributed by atoms with Crippen molar-refractivity contribution in [3.8, 4) is 0 Å². The SMILES string of the molecule is CC[C@@H](C)NC(=O)c1coc(CN(C(=O)COCc2ccccc2)[C@H](C)CC)n1. The van der Waals surface area contributed by atoms with E-state index in [0.29, 0.717) is 12.5 Å². The van der Waals surface area contributed by atoms with Crippen LogP contribution in [0.3, 0.4) is 0 Å². The highest BCUT2D eigenvalue weighted by Gasteiger charge is 2.22. The molecule has 0 fully saturated rings. The van der Waals surface area contributed by atoms with E-state index in [9.17, 15) is 9.59 Å². The number of hydrogen-bond donors (Lipinski definition) is 1. The number of nitrogens with zero attached hydrogens (tertiary/aromatic N) is 2. The van der Waals surface area contributed by atoms with Gasteiger partial charge in [-0.1, -0.05) is 44.2 Å². The van der Waals surface area contributed by atoms with E-state index >= 15 is 0 Å². The monoisotopic (exact) mass is 401 g/mol. The fraction of sp³-hybridized carbons (Fsp3) is 0.500. The molecule has 2 amide bonds. The normalized spacial score (nSPS) is 13.0. The lowest BCUT2D eigenvalue weighted by atomic mass is 10.2. The molecule has 0 spiro atoms. The Balaban J connectivity index is 1.96. The lowest BCUT2D eigenvalue weighted by molar-refractivity contribution is -0.139. The molecular formula is C22H31N3O4. The topological polar surface area (TPSA) is 84.7 Å². The zero-order valence-electron chi connectivity index (χ0n) is 17.7. The van der Waals surface area contributed by atoms with Crippen LogP contribution in [0.25, 0.3) is 0 Å². The van der Waals surface area contributed by atoms with Gasteiger partial charge in [-0.3, -0.25) is 9.59 Å². The first-order valence-corrected chi connectivity index (χ1v) is 10.1. The number of nitrogens with one attached hydrogen (secondary N) is 1. The summed E-state index contributed by atoms with van der Waals surface area (Å²) in [6, 6.07) is 9.76. The van der Waals surface area contributed by atoms with Crippen LogP contribution in [-0.2, 0) is 22.7 Å². The molecule has 1 heterocycles. The van der Waals surface area contributed by atoms with Gasteiger partial charge in [0, 0.05) is 12.1 Å². The van der Waals surface area contributed by atoms with Crippen molar-refractivity contribution in [3.63, 3.8) is 0 Å². The average Bonchev–Trinajstić information content (AvgIpc) is 3.21. The Labute approximate surface area is 172 Å². The predicted molar refractivity (Wildman–Crippen MR) is 110 cm³/mol. The van der Waals surface area contributed by atoms with Gasteiger partial charge in [0.25, 0.3) is 5.91 Å². The second kappa shape index (κ2) is 11.4. The maximum absolute atomic E-state index is 12.7. The molecule has 2 aromatic rings. The minimum absolute atomic E-state index is 0.00730. The van der Waals surface area contributed by atoms with Crippen LogP contribution in [0, 0.1) is 0 Å². The number of benzene rings is 1. The largest absolute Gasteiger partial charge is 0.446 e. The second-order valence-corrected chi connectivity index (χ2v) is 7.17. The molecule has 1 aromatic heterocycles. The van der Waals surface area contributed by atoms with E-state index in [4.69, 9.17) is 9.15 Å². The smallest absolute Gasteiger partial charge is 0.273 e. The molecule has 0 saturated heterocycles. The third-order valence-corrected chi connectivity index (χ3v) is 4.86. The molecule has 0 saturated carbocycles. The molecule has 0 aliphatic rings. The average molecular weight is 402 g/mol. The molecule has 0 aliphatic heterocycles. The van der Waals surface area contributed by atoms with Crippen molar-refractivity contribution < 1.29 is 18.7 Å². The first-order chi connectivity index (χ1) is 13.9. The number of carbonyl (C=O) groups is 2. The standard InChI is InChI=1S/C22H31N3O4/c1-5-16(3)23-22(27)19-14-29-20(24-19)12-25(17(4)6-2)21(26)15-28-13-18-10-8-7-9-11-18/h7-11,14,16-17H,5-6,12-13,15H2,1-4H3,(H,23,27)/t16-,17-/m1/s1. The first kappa shape index (κ1) is 22.6. The van der Waals surface area contributed by atoms with Crippen molar-refractivity contribution in [3.05, 3.63) is 53.7 Å². The van der Waals surface area contributed by atoms with Gasteiger partial charge in [-0.2, -0.15) is 0 Å². The number of hydrogen-bond acceptors (Lipinski definition) is 5. The number of carbonyl (C=O) groups excluding carboxylic acids is 2. The van der Waals surface area contributed by atoms with Crippen LogP contribution in [0.5, 0.6) is 0 Å². The zero-order chi connectivity index (χ0) is 21.2. The summed E-state index contributed by atoms with van der Waals surface area (Å²) in [7, 11) is 0. The molecule has 1 N–H and O–H groups in total.